The van der Waals surface area contributed by atoms with Crippen molar-refractivity contribution < 1.29 is 17.9 Å². The number of hydrogen-bond acceptors (Lipinski definition) is 5. The Kier molecular flexibility index (Phi) is 7.67. The van der Waals surface area contributed by atoms with E-state index in [0.717, 1.165) is 17.4 Å². The van der Waals surface area contributed by atoms with Gasteiger partial charge < -0.3 is 15.4 Å². The fraction of sp³-hybridized carbons (Fsp3) is 0.562. The molecule has 9 heteroatoms. The van der Waals surface area contributed by atoms with Crippen LogP contribution in [0.15, 0.2) is 23.1 Å². The summed E-state index contributed by atoms with van der Waals surface area (Å²) in [7, 11) is -0.645. The molecule has 1 aromatic rings. The van der Waals surface area contributed by atoms with Crippen molar-refractivity contribution in [3.8, 4) is 5.75 Å². The van der Waals surface area contributed by atoms with Crippen LogP contribution < -0.4 is 15.4 Å². The third kappa shape index (κ3) is 4.84. The standard InChI is InChI=1S/C16H25N3O4S.ClH/c1-5-23-15-7-6-13(24(21,22)19(3)4)8-14(15)18-16(20)11(2)12-9-17-10-12;/h6-8,11-12,17H,5,9-10H2,1-4H3,(H,18,20);1H. The van der Waals surface area contributed by atoms with Crippen molar-refractivity contribution in [3.05, 3.63) is 18.2 Å². The first kappa shape index (κ1) is 21.7. The van der Waals surface area contributed by atoms with Gasteiger partial charge in [0.05, 0.1) is 17.2 Å². The number of rotatable bonds is 7. The van der Waals surface area contributed by atoms with Gasteiger partial charge in [-0.05, 0) is 44.1 Å². The molecule has 0 aromatic heterocycles. The lowest BCUT2D eigenvalue weighted by Gasteiger charge is -2.31. The Morgan fingerprint density at radius 1 is 1.40 bits per heavy atom. The van der Waals surface area contributed by atoms with Gasteiger partial charge in [0.15, 0.2) is 0 Å². The van der Waals surface area contributed by atoms with Crippen LogP contribution in [0.5, 0.6) is 5.75 Å². The number of halogens is 1. The molecule has 7 nitrogen and oxygen atoms in total. The lowest BCUT2D eigenvalue weighted by Crippen LogP contribution is -2.48. The highest BCUT2D eigenvalue weighted by Crippen LogP contribution is 2.30. The van der Waals surface area contributed by atoms with Gasteiger partial charge in [-0.25, -0.2) is 12.7 Å². The number of benzene rings is 1. The SMILES string of the molecule is CCOc1ccc(S(=O)(=O)N(C)C)cc1NC(=O)C(C)C1CNC1.Cl. The smallest absolute Gasteiger partial charge is 0.242 e. The second-order valence-corrected chi connectivity index (χ2v) is 8.23. The number of anilines is 1. The van der Waals surface area contributed by atoms with Gasteiger partial charge in [-0.15, -0.1) is 12.4 Å². The van der Waals surface area contributed by atoms with Gasteiger partial charge >= 0.3 is 0 Å². The lowest BCUT2D eigenvalue weighted by molar-refractivity contribution is -0.121. The molecule has 2 rings (SSSR count). The topological polar surface area (TPSA) is 87.7 Å². The summed E-state index contributed by atoms with van der Waals surface area (Å²) in [4.78, 5) is 12.6. The summed E-state index contributed by atoms with van der Waals surface area (Å²) in [5, 5.41) is 5.97. The van der Waals surface area contributed by atoms with E-state index in [-0.39, 0.29) is 29.1 Å². The van der Waals surface area contributed by atoms with Gasteiger partial charge in [-0.1, -0.05) is 6.92 Å². The highest BCUT2D eigenvalue weighted by atomic mass is 35.5. The molecule has 25 heavy (non-hydrogen) atoms. The molecule has 142 valence electrons. The Bertz CT molecular complexity index is 705. The molecule has 2 N–H and O–H groups in total. The van der Waals surface area contributed by atoms with Gasteiger partial charge in [0.1, 0.15) is 5.75 Å². The summed E-state index contributed by atoms with van der Waals surface area (Å²) in [6.45, 7) is 5.77. The van der Waals surface area contributed by atoms with Crippen molar-refractivity contribution in [2.24, 2.45) is 11.8 Å². The Morgan fingerprint density at radius 3 is 2.52 bits per heavy atom. The number of ether oxygens (including phenoxy) is 1. The molecule has 0 bridgehead atoms. The molecule has 1 aromatic carbocycles. The number of nitrogens with zero attached hydrogens (tertiary/aromatic N) is 1. The number of nitrogens with one attached hydrogen (secondary N) is 2. The molecule has 0 saturated carbocycles. The maximum atomic E-state index is 12.4. The van der Waals surface area contributed by atoms with Crippen LogP contribution in [0.25, 0.3) is 0 Å². The lowest BCUT2D eigenvalue weighted by atomic mass is 9.88. The van der Waals surface area contributed by atoms with Crippen LogP contribution in [-0.4, -0.2) is 52.4 Å². The molecular weight excluding hydrogens is 366 g/mol. The van der Waals surface area contributed by atoms with Gasteiger partial charge in [-0.2, -0.15) is 0 Å². The fourth-order valence-corrected chi connectivity index (χ4v) is 3.31. The third-order valence-corrected chi connectivity index (χ3v) is 6.03. The monoisotopic (exact) mass is 391 g/mol. The quantitative estimate of drug-likeness (QED) is 0.736. The zero-order chi connectivity index (χ0) is 17.9. The molecule has 1 aliphatic heterocycles. The Balaban J connectivity index is 0.00000312. The number of carbonyl (C=O) groups excluding carboxylic acids is 1. The highest BCUT2D eigenvalue weighted by molar-refractivity contribution is 7.89. The minimum atomic E-state index is -3.58. The second kappa shape index (κ2) is 8.84. The van der Waals surface area contributed by atoms with E-state index in [1.807, 2.05) is 13.8 Å². The minimum absolute atomic E-state index is 0. The molecule has 0 aliphatic carbocycles. The van der Waals surface area contributed by atoms with E-state index in [4.69, 9.17) is 4.74 Å². The summed E-state index contributed by atoms with van der Waals surface area (Å²) in [6.07, 6.45) is 0. The zero-order valence-corrected chi connectivity index (χ0v) is 16.5. The third-order valence-electron chi connectivity index (χ3n) is 4.22. The van der Waals surface area contributed by atoms with Crippen LogP contribution in [0.3, 0.4) is 0 Å². The van der Waals surface area contributed by atoms with Gasteiger partial charge in [0.2, 0.25) is 15.9 Å². The first-order chi connectivity index (χ1) is 11.3. The van der Waals surface area contributed by atoms with Crippen LogP contribution in [0, 0.1) is 11.8 Å². The summed E-state index contributed by atoms with van der Waals surface area (Å²) in [6, 6.07) is 4.50. The summed E-state index contributed by atoms with van der Waals surface area (Å²) in [5.74, 6) is 0.466. The normalized spacial score (nSPS) is 15.9. The first-order valence-electron chi connectivity index (χ1n) is 7.98. The van der Waals surface area contributed by atoms with Crippen molar-refractivity contribution in [1.82, 2.24) is 9.62 Å². The number of amides is 1. The summed E-state index contributed by atoms with van der Waals surface area (Å²) in [5.41, 5.74) is 0.379. The van der Waals surface area contributed by atoms with Crippen LogP contribution in [0.2, 0.25) is 0 Å². The predicted octanol–water partition coefficient (Wildman–Crippen LogP) is 1.55. The molecular formula is C16H26ClN3O4S. The van der Waals surface area contributed by atoms with Crippen LogP contribution in [0.1, 0.15) is 13.8 Å². The molecule has 1 amide bonds. The Morgan fingerprint density at radius 2 is 2.04 bits per heavy atom. The van der Waals surface area contributed by atoms with Gasteiger partial charge in [0.25, 0.3) is 0 Å². The molecule has 1 aliphatic rings. The zero-order valence-electron chi connectivity index (χ0n) is 14.9. The van der Waals surface area contributed by atoms with Crippen molar-refractivity contribution in [2.75, 3.05) is 39.1 Å². The second-order valence-electron chi connectivity index (χ2n) is 6.07. The first-order valence-corrected chi connectivity index (χ1v) is 9.42. The van der Waals surface area contributed by atoms with Gasteiger partial charge in [0, 0.05) is 20.0 Å². The van der Waals surface area contributed by atoms with Crippen LogP contribution in [0.4, 0.5) is 5.69 Å². The van der Waals surface area contributed by atoms with Gasteiger partial charge in [-0.3, -0.25) is 4.79 Å². The molecule has 1 heterocycles. The average molecular weight is 392 g/mol. The Labute approximate surface area is 155 Å². The van der Waals surface area contributed by atoms with E-state index >= 15 is 0 Å². The average Bonchev–Trinajstić information content (AvgIpc) is 2.47. The summed E-state index contributed by atoms with van der Waals surface area (Å²) >= 11 is 0. The van der Waals surface area contributed by atoms with E-state index in [1.54, 1.807) is 6.07 Å². The largest absolute Gasteiger partial charge is 0.492 e. The van der Waals surface area contributed by atoms with E-state index in [9.17, 15) is 13.2 Å². The molecule has 1 unspecified atom stereocenters. The number of sulfonamides is 1. The molecule has 1 fully saturated rings. The van der Waals surface area contributed by atoms with Crippen LogP contribution in [-0.2, 0) is 14.8 Å². The number of carbonyl (C=O) groups is 1. The van der Waals surface area contributed by atoms with Crippen LogP contribution >= 0.6 is 12.4 Å². The Hall–Kier alpha value is -1.35. The maximum Gasteiger partial charge on any atom is 0.242 e. The van der Waals surface area contributed by atoms with Crippen molar-refractivity contribution >= 4 is 34.0 Å². The minimum Gasteiger partial charge on any atom is -0.492 e. The molecule has 1 saturated heterocycles. The maximum absolute atomic E-state index is 12.4. The molecule has 0 radical (unpaired) electrons. The van der Waals surface area contributed by atoms with Crippen molar-refractivity contribution in [2.45, 2.75) is 18.7 Å². The van der Waals surface area contributed by atoms with E-state index in [0.29, 0.717) is 24.0 Å². The van der Waals surface area contributed by atoms with Crippen molar-refractivity contribution in [3.63, 3.8) is 0 Å². The highest BCUT2D eigenvalue weighted by Gasteiger charge is 2.29. The van der Waals surface area contributed by atoms with Crippen molar-refractivity contribution in [1.29, 1.82) is 0 Å². The van der Waals surface area contributed by atoms with E-state index in [2.05, 4.69) is 10.6 Å². The van der Waals surface area contributed by atoms with E-state index < -0.39 is 10.0 Å². The van der Waals surface area contributed by atoms with E-state index in [1.165, 1.54) is 26.2 Å². The molecule has 1 atom stereocenters. The summed E-state index contributed by atoms with van der Waals surface area (Å²) < 4.78 is 31.2. The number of hydrogen-bond donors (Lipinski definition) is 2. The molecule has 0 spiro atoms. The predicted molar refractivity (Wildman–Crippen MR) is 99.9 cm³/mol. The fourth-order valence-electron chi connectivity index (χ4n) is 2.38.